The van der Waals surface area contributed by atoms with E-state index in [9.17, 15) is 31.2 Å². The van der Waals surface area contributed by atoms with Crippen LogP contribution < -0.4 is 9.62 Å². The van der Waals surface area contributed by atoms with Gasteiger partial charge in [0.05, 0.1) is 27.6 Å². The third-order valence-corrected chi connectivity index (χ3v) is 7.74. The van der Waals surface area contributed by atoms with Crippen LogP contribution in [0.15, 0.2) is 42.5 Å². The molecule has 0 fully saturated rings. The fourth-order valence-corrected chi connectivity index (χ4v) is 4.99. The average molecular weight is 611 g/mol. The molecule has 0 aromatic heterocycles. The van der Waals surface area contributed by atoms with E-state index < -0.39 is 33.7 Å². The molecule has 7 nitrogen and oxygen atoms in total. The summed E-state index contributed by atoms with van der Waals surface area (Å²) in [6.45, 7) is 5.66. The van der Waals surface area contributed by atoms with Crippen LogP contribution in [-0.2, 0) is 32.3 Å². The maximum atomic E-state index is 13.3. The number of sulfonamides is 1. The van der Waals surface area contributed by atoms with Gasteiger partial charge in [0.1, 0.15) is 6.04 Å². The predicted molar refractivity (Wildman–Crippen MR) is 147 cm³/mol. The highest BCUT2D eigenvalue weighted by atomic mass is 35.5. The van der Waals surface area contributed by atoms with Gasteiger partial charge in [0, 0.05) is 26.1 Å². The summed E-state index contributed by atoms with van der Waals surface area (Å²) in [6, 6.07) is 7.95. The van der Waals surface area contributed by atoms with E-state index in [0.717, 1.165) is 28.8 Å². The third-order valence-electron chi connectivity index (χ3n) is 5.80. The number of benzene rings is 2. The van der Waals surface area contributed by atoms with Crippen LogP contribution in [0.5, 0.6) is 0 Å². The number of carbonyl (C=O) groups is 2. The van der Waals surface area contributed by atoms with Crippen LogP contribution in [0, 0.1) is 5.92 Å². The zero-order chi connectivity index (χ0) is 29.5. The van der Waals surface area contributed by atoms with E-state index in [0.29, 0.717) is 17.1 Å². The first-order valence-corrected chi connectivity index (χ1v) is 14.8. The second-order valence-electron chi connectivity index (χ2n) is 9.57. The van der Waals surface area contributed by atoms with Gasteiger partial charge < -0.3 is 10.2 Å². The summed E-state index contributed by atoms with van der Waals surface area (Å²) >= 11 is 12.1. The summed E-state index contributed by atoms with van der Waals surface area (Å²) < 4.78 is 65.2. The molecule has 39 heavy (non-hydrogen) atoms. The molecule has 0 aliphatic heterocycles. The van der Waals surface area contributed by atoms with E-state index in [2.05, 4.69) is 5.32 Å². The molecule has 0 aliphatic rings. The first-order chi connectivity index (χ1) is 18.0. The van der Waals surface area contributed by atoms with Crippen LogP contribution >= 0.6 is 23.2 Å². The molecule has 1 N–H and O–H groups in total. The van der Waals surface area contributed by atoms with Gasteiger partial charge in [-0.05, 0) is 55.2 Å². The monoisotopic (exact) mass is 609 g/mol. The molecule has 0 bridgehead atoms. The summed E-state index contributed by atoms with van der Waals surface area (Å²) in [5.74, 6) is -0.609. The highest BCUT2D eigenvalue weighted by Gasteiger charge is 2.32. The van der Waals surface area contributed by atoms with Gasteiger partial charge in [-0.15, -0.1) is 0 Å². The van der Waals surface area contributed by atoms with Crippen LogP contribution in [0.3, 0.4) is 0 Å². The second kappa shape index (κ2) is 13.7. The van der Waals surface area contributed by atoms with Gasteiger partial charge in [0.2, 0.25) is 21.8 Å². The van der Waals surface area contributed by atoms with Gasteiger partial charge in [-0.1, -0.05) is 49.2 Å². The van der Waals surface area contributed by atoms with Gasteiger partial charge in [0.15, 0.2) is 0 Å². The first-order valence-electron chi connectivity index (χ1n) is 12.2. The largest absolute Gasteiger partial charge is 0.416 e. The minimum Gasteiger partial charge on any atom is -0.354 e. The van der Waals surface area contributed by atoms with Gasteiger partial charge >= 0.3 is 6.18 Å². The van der Waals surface area contributed by atoms with E-state index >= 15 is 0 Å². The summed E-state index contributed by atoms with van der Waals surface area (Å²) in [4.78, 5) is 27.4. The Kier molecular flexibility index (Phi) is 11.5. The van der Waals surface area contributed by atoms with Crippen LogP contribution in [-0.4, -0.2) is 50.5 Å². The minimum atomic E-state index is -4.65. The first kappa shape index (κ1) is 32.7. The van der Waals surface area contributed by atoms with Crippen molar-refractivity contribution in [1.29, 1.82) is 0 Å². The summed E-state index contributed by atoms with van der Waals surface area (Å²) in [5, 5.41) is 3.41. The number of alkyl halides is 3. The van der Waals surface area contributed by atoms with Crippen molar-refractivity contribution in [2.45, 2.75) is 52.4 Å². The molecule has 0 spiro atoms. The van der Waals surface area contributed by atoms with E-state index in [1.165, 1.54) is 11.0 Å². The maximum Gasteiger partial charge on any atom is 0.416 e. The molecule has 0 heterocycles. The van der Waals surface area contributed by atoms with Crippen LogP contribution in [0.25, 0.3) is 0 Å². The number of nitrogens with zero attached hydrogens (tertiary/aromatic N) is 2. The number of anilines is 1. The lowest BCUT2D eigenvalue weighted by molar-refractivity contribution is -0.140. The van der Waals surface area contributed by atoms with Crippen molar-refractivity contribution in [3.8, 4) is 0 Å². The van der Waals surface area contributed by atoms with E-state index in [1.807, 2.05) is 13.8 Å². The Bertz CT molecular complexity index is 1270. The number of rotatable bonds is 12. The van der Waals surface area contributed by atoms with E-state index in [4.69, 9.17) is 23.2 Å². The fraction of sp³-hybridized carbons (Fsp3) is 0.462. The molecule has 2 aromatic carbocycles. The molecule has 13 heteroatoms. The minimum absolute atomic E-state index is 0.000353. The number of amides is 2. The molecular weight excluding hydrogens is 578 g/mol. The second-order valence-corrected chi connectivity index (χ2v) is 12.3. The topological polar surface area (TPSA) is 86.8 Å². The van der Waals surface area contributed by atoms with E-state index in [-0.39, 0.29) is 48.5 Å². The molecule has 216 valence electrons. The Morgan fingerprint density at radius 3 is 2.26 bits per heavy atom. The van der Waals surface area contributed by atoms with Crippen molar-refractivity contribution < 1.29 is 31.2 Å². The lowest BCUT2D eigenvalue weighted by Gasteiger charge is -2.30. The lowest BCUT2D eigenvalue weighted by Crippen LogP contribution is -2.48. The number of halogens is 5. The molecule has 0 aliphatic carbocycles. The highest BCUT2D eigenvalue weighted by molar-refractivity contribution is 7.92. The Morgan fingerprint density at radius 2 is 1.69 bits per heavy atom. The normalized spacial score (nSPS) is 12.8. The Morgan fingerprint density at radius 1 is 1.03 bits per heavy atom. The van der Waals surface area contributed by atoms with Crippen molar-refractivity contribution >= 4 is 50.7 Å². The smallest absolute Gasteiger partial charge is 0.354 e. The average Bonchev–Trinajstić information content (AvgIpc) is 2.84. The van der Waals surface area contributed by atoms with E-state index in [1.54, 1.807) is 25.1 Å². The zero-order valence-corrected chi connectivity index (χ0v) is 24.4. The van der Waals surface area contributed by atoms with Gasteiger partial charge in [0.25, 0.3) is 0 Å². The number of hydrogen-bond donors (Lipinski definition) is 1. The van der Waals surface area contributed by atoms with Crippen LogP contribution in [0.2, 0.25) is 10.0 Å². The Hall–Kier alpha value is -2.50. The van der Waals surface area contributed by atoms with Crippen LogP contribution in [0.4, 0.5) is 18.9 Å². The molecule has 0 saturated heterocycles. The quantitative estimate of drug-likeness (QED) is 0.332. The lowest BCUT2D eigenvalue weighted by atomic mass is 10.1. The van der Waals surface area contributed by atoms with Gasteiger partial charge in [-0.3, -0.25) is 13.9 Å². The number of nitrogens with one attached hydrogen (secondary N) is 1. The van der Waals surface area contributed by atoms with Crippen molar-refractivity contribution in [2.75, 3.05) is 23.7 Å². The molecule has 0 unspecified atom stereocenters. The van der Waals surface area contributed by atoms with Crippen LogP contribution in [0.1, 0.15) is 44.7 Å². The SMILES string of the molecule is CC(C)CNC(=O)[C@@H](C)N(Cc1ccc(Cl)c(Cl)c1)C(=O)CCCN(c1cccc(C(F)(F)F)c1)S(C)(=O)=O. The zero-order valence-electron chi connectivity index (χ0n) is 22.1. The van der Waals surface area contributed by atoms with Crippen molar-refractivity contribution in [3.63, 3.8) is 0 Å². The van der Waals surface area contributed by atoms with Gasteiger partial charge in [-0.25, -0.2) is 8.42 Å². The summed E-state index contributed by atoms with van der Waals surface area (Å²) in [7, 11) is -3.95. The van der Waals surface area contributed by atoms with Gasteiger partial charge in [-0.2, -0.15) is 13.2 Å². The Balaban J connectivity index is 2.23. The fourth-order valence-electron chi connectivity index (χ4n) is 3.71. The number of carbonyl (C=O) groups excluding carboxylic acids is 2. The molecule has 1 atom stereocenters. The van der Waals surface area contributed by atoms with Crippen molar-refractivity contribution in [2.24, 2.45) is 5.92 Å². The summed E-state index contributed by atoms with van der Waals surface area (Å²) in [5.41, 5.74) is -0.518. The summed E-state index contributed by atoms with van der Waals surface area (Å²) in [6.07, 6.45) is -3.92. The highest BCUT2D eigenvalue weighted by Crippen LogP contribution is 2.32. The molecule has 2 aromatic rings. The molecule has 2 rings (SSSR count). The predicted octanol–water partition coefficient (Wildman–Crippen LogP) is 5.75. The molecule has 0 radical (unpaired) electrons. The third kappa shape index (κ3) is 9.88. The maximum absolute atomic E-state index is 13.3. The standard InChI is InChI=1S/C26H32Cl2F3N3O4S/c1-17(2)15-32-25(36)18(3)33(16-19-10-11-22(27)23(28)13-19)24(35)9-6-12-34(39(4,37)38)21-8-5-7-20(14-21)26(29,30)31/h5,7-8,10-11,13-14,17-18H,6,9,12,15-16H2,1-4H3,(H,32,36)/t18-/m1/s1. The number of hydrogen-bond acceptors (Lipinski definition) is 4. The molecule has 0 saturated carbocycles. The molecule has 2 amide bonds. The van der Waals surface area contributed by atoms with Crippen molar-refractivity contribution in [3.05, 3.63) is 63.6 Å². The van der Waals surface area contributed by atoms with Crippen molar-refractivity contribution in [1.82, 2.24) is 10.2 Å². The Labute approximate surface area is 237 Å². The molecular formula is C26H32Cl2F3N3O4S.